The topological polar surface area (TPSA) is 23.8 Å². The van der Waals surface area contributed by atoms with Crippen LogP contribution in [0.25, 0.3) is 0 Å². The maximum Gasteiger partial charge on any atom is 0.0994 e. The minimum absolute atomic E-state index is 0.450. The lowest BCUT2D eigenvalue weighted by Crippen LogP contribution is -2.00. The third-order valence-corrected chi connectivity index (χ3v) is 2.74. The Bertz CT molecular complexity index is 385. The average Bonchev–Trinajstić information content (AvgIpc) is 2.28. The highest BCUT2D eigenvalue weighted by Gasteiger charge is 2.11. The SMILES string of the molecule is C=CCC(C)c1cccc(C#N)c1CC. The molecule has 1 heteroatoms. The Morgan fingerprint density at radius 3 is 2.80 bits per heavy atom. The van der Waals surface area contributed by atoms with Crippen molar-refractivity contribution in [1.82, 2.24) is 0 Å². The lowest BCUT2D eigenvalue weighted by atomic mass is 9.89. The second-order valence-electron chi connectivity index (χ2n) is 3.76. The quantitative estimate of drug-likeness (QED) is 0.677. The summed E-state index contributed by atoms with van der Waals surface area (Å²) in [6.07, 6.45) is 3.81. The first kappa shape index (κ1) is 11.5. The number of nitriles is 1. The fraction of sp³-hybridized carbons (Fsp3) is 0.357. The predicted molar refractivity (Wildman–Crippen MR) is 63.8 cm³/mol. The maximum absolute atomic E-state index is 9.02. The number of rotatable bonds is 4. The summed E-state index contributed by atoms with van der Waals surface area (Å²) in [5, 5.41) is 9.02. The molecule has 0 heterocycles. The van der Waals surface area contributed by atoms with Crippen LogP contribution in [-0.2, 0) is 6.42 Å². The Labute approximate surface area is 92.1 Å². The molecule has 0 radical (unpaired) electrons. The van der Waals surface area contributed by atoms with Gasteiger partial charge < -0.3 is 0 Å². The monoisotopic (exact) mass is 199 g/mol. The van der Waals surface area contributed by atoms with Crippen molar-refractivity contribution in [3.05, 3.63) is 47.5 Å². The summed E-state index contributed by atoms with van der Waals surface area (Å²) in [6.45, 7) is 8.03. The molecule has 1 nitrogen and oxygen atoms in total. The molecule has 1 rings (SSSR count). The molecule has 1 unspecified atom stereocenters. The van der Waals surface area contributed by atoms with Crippen molar-refractivity contribution in [1.29, 1.82) is 5.26 Å². The molecule has 0 aromatic heterocycles. The molecule has 1 atom stereocenters. The van der Waals surface area contributed by atoms with E-state index in [0.717, 1.165) is 18.4 Å². The molecule has 1 aromatic carbocycles. The largest absolute Gasteiger partial charge is 0.192 e. The third kappa shape index (κ3) is 2.47. The van der Waals surface area contributed by atoms with Crippen LogP contribution in [0, 0.1) is 11.3 Å². The van der Waals surface area contributed by atoms with Crippen molar-refractivity contribution in [2.75, 3.05) is 0 Å². The van der Waals surface area contributed by atoms with E-state index in [1.165, 1.54) is 11.1 Å². The lowest BCUT2D eigenvalue weighted by Gasteiger charge is -2.15. The van der Waals surface area contributed by atoms with Gasteiger partial charge in [0.15, 0.2) is 0 Å². The van der Waals surface area contributed by atoms with Crippen molar-refractivity contribution >= 4 is 0 Å². The van der Waals surface area contributed by atoms with E-state index in [1.54, 1.807) is 0 Å². The summed E-state index contributed by atoms with van der Waals surface area (Å²) < 4.78 is 0. The fourth-order valence-corrected chi connectivity index (χ4v) is 1.94. The van der Waals surface area contributed by atoms with Crippen molar-refractivity contribution in [3.8, 4) is 6.07 Å². The first-order chi connectivity index (χ1) is 7.24. The van der Waals surface area contributed by atoms with Gasteiger partial charge >= 0.3 is 0 Å². The number of allylic oxidation sites excluding steroid dienone is 1. The molecule has 0 aliphatic heterocycles. The molecule has 0 saturated carbocycles. The maximum atomic E-state index is 9.02. The molecule has 0 spiro atoms. The number of benzene rings is 1. The zero-order chi connectivity index (χ0) is 11.3. The van der Waals surface area contributed by atoms with Crippen LogP contribution in [0.3, 0.4) is 0 Å². The van der Waals surface area contributed by atoms with E-state index in [4.69, 9.17) is 5.26 Å². The van der Waals surface area contributed by atoms with Crippen molar-refractivity contribution in [3.63, 3.8) is 0 Å². The average molecular weight is 199 g/mol. The Balaban J connectivity index is 3.17. The van der Waals surface area contributed by atoms with Gasteiger partial charge in [0, 0.05) is 0 Å². The molecule has 0 N–H and O–H groups in total. The normalized spacial score (nSPS) is 11.8. The van der Waals surface area contributed by atoms with Crippen molar-refractivity contribution < 1.29 is 0 Å². The van der Waals surface area contributed by atoms with Crippen molar-refractivity contribution in [2.24, 2.45) is 0 Å². The zero-order valence-electron chi connectivity index (χ0n) is 9.46. The number of hydrogen-bond acceptors (Lipinski definition) is 1. The van der Waals surface area contributed by atoms with Gasteiger partial charge in [0.25, 0.3) is 0 Å². The van der Waals surface area contributed by atoms with Crippen LogP contribution in [0.4, 0.5) is 0 Å². The van der Waals surface area contributed by atoms with Gasteiger partial charge in [-0.05, 0) is 36.0 Å². The van der Waals surface area contributed by atoms with E-state index in [-0.39, 0.29) is 0 Å². The number of hydrogen-bond donors (Lipinski definition) is 0. The summed E-state index contributed by atoms with van der Waals surface area (Å²) in [5.41, 5.74) is 3.29. The standard InChI is InChI=1S/C14H17N/c1-4-7-11(3)14-9-6-8-12(10-15)13(14)5-2/h4,6,8-9,11H,1,5,7H2,2-3H3. The zero-order valence-corrected chi connectivity index (χ0v) is 9.46. The lowest BCUT2D eigenvalue weighted by molar-refractivity contribution is 0.767. The van der Waals surface area contributed by atoms with Crippen LogP contribution in [0.2, 0.25) is 0 Å². The third-order valence-electron chi connectivity index (χ3n) is 2.74. The summed E-state index contributed by atoms with van der Waals surface area (Å²) >= 11 is 0. The van der Waals surface area contributed by atoms with Gasteiger partial charge in [0.2, 0.25) is 0 Å². The molecule has 15 heavy (non-hydrogen) atoms. The van der Waals surface area contributed by atoms with E-state index in [0.29, 0.717) is 5.92 Å². The van der Waals surface area contributed by atoms with E-state index >= 15 is 0 Å². The van der Waals surface area contributed by atoms with Crippen LogP contribution in [0.15, 0.2) is 30.9 Å². The fourth-order valence-electron chi connectivity index (χ4n) is 1.94. The van der Waals surface area contributed by atoms with Gasteiger partial charge in [-0.1, -0.05) is 32.1 Å². The molecule has 0 aliphatic carbocycles. The molecular weight excluding hydrogens is 182 g/mol. The first-order valence-corrected chi connectivity index (χ1v) is 5.37. The van der Waals surface area contributed by atoms with Gasteiger partial charge in [-0.15, -0.1) is 6.58 Å². The smallest absolute Gasteiger partial charge is 0.0994 e. The minimum Gasteiger partial charge on any atom is -0.192 e. The Morgan fingerprint density at radius 1 is 1.53 bits per heavy atom. The molecule has 78 valence electrons. The van der Waals surface area contributed by atoms with Gasteiger partial charge in [-0.2, -0.15) is 5.26 Å². The summed E-state index contributed by atoms with van der Waals surface area (Å²) in [7, 11) is 0. The highest BCUT2D eigenvalue weighted by atomic mass is 14.3. The Kier molecular flexibility index (Phi) is 4.12. The predicted octanol–water partition coefficient (Wildman–Crippen LogP) is 3.80. The minimum atomic E-state index is 0.450. The second-order valence-corrected chi connectivity index (χ2v) is 3.76. The molecule has 1 aromatic rings. The molecule has 0 fully saturated rings. The molecule has 0 aliphatic rings. The van der Waals surface area contributed by atoms with Crippen LogP contribution < -0.4 is 0 Å². The van der Waals surface area contributed by atoms with Crippen LogP contribution >= 0.6 is 0 Å². The van der Waals surface area contributed by atoms with Crippen LogP contribution in [0.1, 0.15) is 42.9 Å². The van der Waals surface area contributed by atoms with Gasteiger partial charge in [-0.3, -0.25) is 0 Å². The molecule has 0 bridgehead atoms. The summed E-state index contributed by atoms with van der Waals surface area (Å²) in [6, 6.07) is 8.23. The Hall–Kier alpha value is -1.55. The summed E-state index contributed by atoms with van der Waals surface area (Å²) in [5.74, 6) is 0.450. The van der Waals surface area contributed by atoms with Crippen molar-refractivity contribution in [2.45, 2.75) is 32.6 Å². The first-order valence-electron chi connectivity index (χ1n) is 5.37. The second kappa shape index (κ2) is 5.36. The van der Waals surface area contributed by atoms with Gasteiger partial charge in [0.1, 0.15) is 0 Å². The molecule has 0 saturated heterocycles. The number of nitrogens with zero attached hydrogens (tertiary/aromatic N) is 1. The molecular formula is C14H17N. The van der Waals surface area contributed by atoms with E-state index in [1.807, 2.05) is 18.2 Å². The Morgan fingerprint density at radius 2 is 2.27 bits per heavy atom. The highest BCUT2D eigenvalue weighted by molar-refractivity contribution is 5.44. The highest BCUT2D eigenvalue weighted by Crippen LogP contribution is 2.25. The van der Waals surface area contributed by atoms with E-state index in [2.05, 4.69) is 32.6 Å². The van der Waals surface area contributed by atoms with Crippen LogP contribution in [-0.4, -0.2) is 0 Å². The van der Waals surface area contributed by atoms with Crippen LogP contribution in [0.5, 0.6) is 0 Å². The van der Waals surface area contributed by atoms with Gasteiger partial charge in [0.05, 0.1) is 11.6 Å². The molecule has 0 amide bonds. The van der Waals surface area contributed by atoms with E-state index < -0.39 is 0 Å². The van der Waals surface area contributed by atoms with E-state index in [9.17, 15) is 0 Å². The van der Waals surface area contributed by atoms with Gasteiger partial charge in [-0.25, -0.2) is 0 Å². The summed E-state index contributed by atoms with van der Waals surface area (Å²) in [4.78, 5) is 0.